The fourth-order valence-electron chi connectivity index (χ4n) is 3.37. The smallest absolute Gasteiger partial charge is 0.215 e. The van der Waals surface area contributed by atoms with Crippen molar-refractivity contribution in [3.05, 3.63) is 35.7 Å². The number of rotatable bonds is 9. The first-order valence-corrected chi connectivity index (χ1v) is 11.3. The van der Waals surface area contributed by atoms with Gasteiger partial charge in [-0.15, -0.1) is 11.6 Å². The molecule has 0 saturated carbocycles. The van der Waals surface area contributed by atoms with Crippen LogP contribution in [0.2, 0.25) is 5.02 Å². The van der Waals surface area contributed by atoms with E-state index in [1.807, 2.05) is 12.1 Å². The van der Waals surface area contributed by atoms with Gasteiger partial charge in [0, 0.05) is 36.9 Å². The highest BCUT2D eigenvalue weighted by molar-refractivity contribution is 6.33. The highest BCUT2D eigenvalue weighted by Gasteiger charge is 2.20. The average Bonchev–Trinajstić information content (AvgIpc) is 2.81. The van der Waals surface area contributed by atoms with Crippen LogP contribution in [0, 0.1) is 0 Å². The molecule has 4 rings (SSSR count). The third-order valence-electron chi connectivity index (χ3n) is 4.98. The van der Waals surface area contributed by atoms with Gasteiger partial charge in [-0.3, -0.25) is 0 Å². The summed E-state index contributed by atoms with van der Waals surface area (Å²) < 4.78 is 23.0. The Hall–Kier alpha value is -2.55. The molecule has 0 amide bonds. The summed E-state index contributed by atoms with van der Waals surface area (Å²) in [6, 6.07) is 5.44. The van der Waals surface area contributed by atoms with E-state index in [4.69, 9.17) is 42.1 Å². The minimum absolute atomic E-state index is 0.0303. The molecule has 1 aliphatic rings. The monoisotopic (exact) mass is 478 g/mol. The first-order chi connectivity index (χ1) is 15.7. The van der Waals surface area contributed by atoms with Gasteiger partial charge in [-0.1, -0.05) is 11.6 Å². The summed E-state index contributed by atoms with van der Waals surface area (Å²) in [4.78, 5) is 13.0. The van der Waals surface area contributed by atoms with Crippen LogP contribution in [-0.2, 0) is 4.74 Å². The Morgan fingerprint density at radius 2 is 2.00 bits per heavy atom. The van der Waals surface area contributed by atoms with E-state index in [-0.39, 0.29) is 6.10 Å². The number of hydrogen-bond acceptors (Lipinski definition) is 8. The summed E-state index contributed by atoms with van der Waals surface area (Å²) >= 11 is 12.1. The molecule has 0 atom stereocenters. The lowest BCUT2D eigenvalue weighted by molar-refractivity contribution is 0.0261. The van der Waals surface area contributed by atoms with Gasteiger partial charge in [0.15, 0.2) is 0 Å². The number of pyridine rings is 1. The van der Waals surface area contributed by atoms with Crippen LogP contribution in [0.5, 0.6) is 17.4 Å². The van der Waals surface area contributed by atoms with Crippen LogP contribution in [0.1, 0.15) is 19.3 Å². The second-order valence-electron chi connectivity index (χ2n) is 7.19. The summed E-state index contributed by atoms with van der Waals surface area (Å²) in [7, 11) is 1.55. The van der Waals surface area contributed by atoms with Gasteiger partial charge >= 0.3 is 0 Å². The number of methoxy groups -OCH3 is 1. The molecule has 0 radical (unpaired) electrons. The van der Waals surface area contributed by atoms with Crippen LogP contribution >= 0.6 is 23.2 Å². The second-order valence-corrected chi connectivity index (χ2v) is 7.98. The van der Waals surface area contributed by atoms with Gasteiger partial charge in [-0.25, -0.2) is 15.0 Å². The number of halogens is 2. The van der Waals surface area contributed by atoms with Crippen LogP contribution in [0.3, 0.4) is 0 Å². The first-order valence-electron chi connectivity index (χ1n) is 10.4. The molecule has 1 saturated heterocycles. The van der Waals surface area contributed by atoms with Crippen LogP contribution < -0.4 is 19.5 Å². The van der Waals surface area contributed by atoms with Crippen molar-refractivity contribution in [2.45, 2.75) is 25.4 Å². The van der Waals surface area contributed by atoms with Crippen molar-refractivity contribution < 1.29 is 18.9 Å². The van der Waals surface area contributed by atoms with Gasteiger partial charge in [-0.2, -0.15) is 0 Å². The number of aromatic nitrogens is 3. The number of anilines is 2. The lowest BCUT2D eigenvalue weighted by Crippen LogP contribution is -2.26. The van der Waals surface area contributed by atoms with E-state index < -0.39 is 0 Å². The molecular weight excluding hydrogens is 455 g/mol. The fraction of sp³-hybridized carbons (Fsp3) is 0.409. The standard InChI is InChI=1S/C22H24Cl2N4O4/c1-29-20-11-17(16(24)12-25-20)28-22-21-18(26-13-27-22)9-15(31-6-2-5-23)10-19(21)32-14-3-7-30-8-4-14/h9-14H,2-8H2,1H3,(H,25,26,27,28). The highest BCUT2D eigenvalue weighted by atomic mass is 35.5. The predicted molar refractivity (Wildman–Crippen MR) is 124 cm³/mol. The number of fused-ring (bicyclic) bond motifs is 1. The van der Waals surface area contributed by atoms with E-state index in [0.29, 0.717) is 65.1 Å². The minimum Gasteiger partial charge on any atom is -0.493 e. The van der Waals surface area contributed by atoms with Crippen LogP contribution in [0.4, 0.5) is 11.5 Å². The molecule has 3 heterocycles. The van der Waals surface area contributed by atoms with Crippen LogP contribution in [-0.4, -0.2) is 53.9 Å². The van der Waals surface area contributed by atoms with Crippen molar-refractivity contribution in [2.24, 2.45) is 0 Å². The molecule has 3 aromatic rings. The zero-order valence-corrected chi connectivity index (χ0v) is 19.2. The lowest BCUT2D eigenvalue weighted by atomic mass is 10.1. The summed E-state index contributed by atoms with van der Waals surface area (Å²) in [5, 5.41) is 4.44. The van der Waals surface area contributed by atoms with Crippen LogP contribution in [0.25, 0.3) is 10.9 Å². The second kappa shape index (κ2) is 10.8. The Morgan fingerprint density at radius 3 is 2.78 bits per heavy atom. The Labute approximate surface area is 196 Å². The average molecular weight is 479 g/mol. The topological polar surface area (TPSA) is 87.6 Å². The normalized spacial score (nSPS) is 14.3. The van der Waals surface area contributed by atoms with Crippen molar-refractivity contribution in [1.29, 1.82) is 0 Å². The number of nitrogens with zero attached hydrogens (tertiary/aromatic N) is 3. The maximum atomic E-state index is 6.39. The molecule has 170 valence electrons. The van der Waals surface area contributed by atoms with Crippen molar-refractivity contribution in [3.8, 4) is 17.4 Å². The highest BCUT2D eigenvalue weighted by Crippen LogP contribution is 2.38. The molecule has 10 heteroatoms. The summed E-state index contributed by atoms with van der Waals surface area (Å²) in [5.74, 6) is 2.82. The third kappa shape index (κ3) is 5.43. The quantitative estimate of drug-likeness (QED) is 0.339. The van der Waals surface area contributed by atoms with Crippen molar-refractivity contribution >= 4 is 45.6 Å². The zero-order valence-electron chi connectivity index (χ0n) is 17.6. The maximum absolute atomic E-state index is 6.39. The lowest BCUT2D eigenvalue weighted by Gasteiger charge is -2.24. The Morgan fingerprint density at radius 1 is 1.16 bits per heavy atom. The molecule has 0 aliphatic carbocycles. The summed E-state index contributed by atoms with van der Waals surface area (Å²) in [6.45, 7) is 1.85. The molecule has 2 aromatic heterocycles. The van der Waals surface area contributed by atoms with Gasteiger partial charge in [0.05, 0.1) is 54.7 Å². The molecule has 1 aliphatic heterocycles. The summed E-state index contributed by atoms with van der Waals surface area (Å²) in [6.07, 6.45) is 5.40. The van der Waals surface area contributed by atoms with Crippen molar-refractivity contribution in [2.75, 3.05) is 38.1 Å². The number of alkyl halides is 1. The van der Waals surface area contributed by atoms with E-state index in [1.54, 1.807) is 13.2 Å². The van der Waals surface area contributed by atoms with E-state index >= 15 is 0 Å². The number of ether oxygens (including phenoxy) is 4. The molecule has 0 bridgehead atoms. The molecule has 32 heavy (non-hydrogen) atoms. The SMILES string of the molecule is COc1cc(Nc2ncnc3cc(OCCCCl)cc(OC4CCOCC4)c23)c(Cl)cn1. The van der Waals surface area contributed by atoms with Crippen molar-refractivity contribution in [3.63, 3.8) is 0 Å². The first kappa shape index (κ1) is 22.6. The molecule has 1 N–H and O–H groups in total. The number of benzene rings is 1. The zero-order chi connectivity index (χ0) is 22.3. The molecule has 8 nitrogen and oxygen atoms in total. The fourth-order valence-corrected chi connectivity index (χ4v) is 3.63. The van der Waals surface area contributed by atoms with E-state index in [1.165, 1.54) is 12.5 Å². The number of hydrogen-bond donors (Lipinski definition) is 1. The van der Waals surface area contributed by atoms with Crippen molar-refractivity contribution in [1.82, 2.24) is 15.0 Å². The van der Waals surface area contributed by atoms with Gasteiger partial charge in [0.25, 0.3) is 0 Å². The number of nitrogens with one attached hydrogen (secondary N) is 1. The largest absolute Gasteiger partial charge is 0.493 e. The molecule has 0 spiro atoms. The Kier molecular flexibility index (Phi) is 7.68. The minimum atomic E-state index is 0.0303. The molecule has 1 fully saturated rings. The third-order valence-corrected chi connectivity index (χ3v) is 5.54. The maximum Gasteiger partial charge on any atom is 0.215 e. The van der Waals surface area contributed by atoms with E-state index in [2.05, 4.69) is 20.3 Å². The summed E-state index contributed by atoms with van der Waals surface area (Å²) in [5.41, 5.74) is 1.29. The van der Waals surface area contributed by atoms with Gasteiger partial charge in [0.1, 0.15) is 29.7 Å². The molecule has 1 aromatic carbocycles. The van der Waals surface area contributed by atoms with E-state index in [9.17, 15) is 0 Å². The predicted octanol–water partition coefficient (Wildman–Crippen LogP) is 5.00. The van der Waals surface area contributed by atoms with Gasteiger partial charge < -0.3 is 24.3 Å². The Bertz CT molecular complexity index is 1060. The Balaban J connectivity index is 1.74. The molecular formula is C22H24Cl2N4O4. The van der Waals surface area contributed by atoms with E-state index in [0.717, 1.165) is 24.6 Å². The van der Waals surface area contributed by atoms with Crippen LogP contribution in [0.15, 0.2) is 30.7 Å². The van der Waals surface area contributed by atoms with Gasteiger partial charge in [-0.05, 0) is 6.42 Å². The molecule has 0 unspecified atom stereocenters. The van der Waals surface area contributed by atoms with Gasteiger partial charge in [0.2, 0.25) is 5.88 Å².